The number of nitrogens with zero attached hydrogens (tertiary/aromatic N) is 3. The van der Waals surface area contributed by atoms with Gasteiger partial charge in [-0.25, -0.2) is 4.98 Å². The molecule has 0 N–H and O–H groups in total. The monoisotopic (exact) mass is 617 g/mol. The van der Waals surface area contributed by atoms with E-state index in [2.05, 4.69) is 41.9 Å². The molecule has 35 heavy (non-hydrogen) atoms. The molecule has 0 amide bonds. The van der Waals surface area contributed by atoms with E-state index in [4.69, 9.17) is 21.1 Å². The second-order valence-electron chi connectivity index (χ2n) is 7.58. The van der Waals surface area contributed by atoms with E-state index in [1.54, 1.807) is 24.4 Å². The van der Waals surface area contributed by atoms with Crippen molar-refractivity contribution in [3.8, 4) is 11.5 Å². The van der Waals surface area contributed by atoms with Crippen molar-refractivity contribution in [2.75, 3.05) is 6.61 Å². The molecule has 1 aromatic heterocycles. The molecule has 0 aliphatic rings. The molecule has 0 unspecified atom stereocenters. The van der Waals surface area contributed by atoms with Crippen molar-refractivity contribution in [3.63, 3.8) is 0 Å². The topological polar surface area (TPSA) is 65.7 Å². The summed E-state index contributed by atoms with van der Waals surface area (Å²) in [4.78, 5) is 17.7. The average molecular weight is 620 g/mol. The van der Waals surface area contributed by atoms with E-state index < -0.39 is 0 Å². The molecule has 180 valence electrons. The van der Waals surface area contributed by atoms with E-state index >= 15 is 0 Å². The van der Waals surface area contributed by atoms with Crippen LogP contribution < -0.4 is 15.0 Å². The number of rotatable bonds is 8. The Balaban J connectivity index is 1.67. The van der Waals surface area contributed by atoms with Crippen molar-refractivity contribution in [2.24, 2.45) is 5.10 Å². The Morgan fingerprint density at radius 2 is 1.77 bits per heavy atom. The maximum atomic E-state index is 13.1. The lowest BCUT2D eigenvalue weighted by Gasteiger charge is -2.14. The highest BCUT2D eigenvalue weighted by Crippen LogP contribution is 2.37. The maximum absolute atomic E-state index is 13.1. The molecule has 0 saturated heterocycles. The fourth-order valence-corrected chi connectivity index (χ4v) is 4.37. The number of hydrogen-bond donors (Lipinski definition) is 0. The summed E-state index contributed by atoms with van der Waals surface area (Å²) < 4.78 is 14.9. The van der Waals surface area contributed by atoms with Gasteiger partial charge in [-0.15, -0.1) is 0 Å². The highest BCUT2D eigenvalue weighted by Gasteiger charge is 2.14. The summed E-state index contributed by atoms with van der Waals surface area (Å²) in [7, 11) is 0. The molecule has 4 rings (SSSR count). The summed E-state index contributed by atoms with van der Waals surface area (Å²) in [5.74, 6) is 1.52. The molecule has 3 aromatic carbocycles. The van der Waals surface area contributed by atoms with Gasteiger partial charge in [0.1, 0.15) is 12.4 Å². The van der Waals surface area contributed by atoms with Gasteiger partial charge in [-0.05, 0) is 60.5 Å². The normalized spacial score (nSPS) is 11.3. The summed E-state index contributed by atoms with van der Waals surface area (Å²) in [6.45, 7) is 4.60. The van der Waals surface area contributed by atoms with Crippen molar-refractivity contribution in [3.05, 3.63) is 95.9 Å². The minimum Gasteiger partial charge on any atom is -0.490 e. The van der Waals surface area contributed by atoms with Gasteiger partial charge in [-0.2, -0.15) is 9.78 Å². The van der Waals surface area contributed by atoms with Crippen LogP contribution in [0.2, 0.25) is 5.02 Å². The quantitative estimate of drug-likeness (QED) is 0.199. The molecule has 6 nitrogen and oxygen atoms in total. The molecular weight excluding hydrogens is 598 g/mol. The Labute approximate surface area is 224 Å². The van der Waals surface area contributed by atoms with Gasteiger partial charge in [0.2, 0.25) is 0 Å². The average Bonchev–Trinajstić information content (AvgIpc) is 2.84. The van der Waals surface area contributed by atoms with Gasteiger partial charge in [-0.3, -0.25) is 4.79 Å². The maximum Gasteiger partial charge on any atom is 0.282 e. The van der Waals surface area contributed by atoms with Crippen LogP contribution in [0, 0.1) is 0 Å². The summed E-state index contributed by atoms with van der Waals surface area (Å²) in [6.07, 6.45) is 2.12. The van der Waals surface area contributed by atoms with E-state index in [1.807, 2.05) is 50.2 Å². The van der Waals surface area contributed by atoms with Crippen LogP contribution in [0.3, 0.4) is 0 Å². The number of hydrogen-bond acceptors (Lipinski definition) is 5. The summed E-state index contributed by atoms with van der Waals surface area (Å²) in [6, 6.07) is 16.8. The predicted molar refractivity (Wildman–Crippen MR) is 147 cm³/mol. The zero-order chi connectivity index (χ0) is 24.9. The third-order valence-corrected chi connectivity index (χ3v) is 6.44. The first-order valence-electron chi connectivity index (χ1n) is 11.0. The Hall–Kier alpha value is -2.68. The van der Waals surface area contributed by atoms with Crippen LogP contribution in [0.25, 0.3) is 10.9 Å². The van der Waals surface area contributed by atoms with Crippen LogP contribution in [-0.2, 0) is 13.0 Å². The van der Waals surface area contributed by atoms with Gasteiger partial charge in [0.05, 0.1) is 28.7 Å². The van der Waals surface area contributed by atoms with Crippen LogP contribution in [0.1, 0.15) is 30.8 Å². The van der Waals surface area contributed by atoms with Gasteiger partial charge in [0, 0.05) is 15.4 Å². The third kappa shape index (κ3) is 5.94. The molecule has 0 fully saturated rings. The Morgan fingerprint density at radius 1 is 1.03 bits per heavy atom. The molecule has 0 saturated carbocycles. The van der Waals surface area contributed by atoms with Gasteiger partial charge in [0.25, 0.3) is 5.56 Å². The SMILES string of the molecule is CCOc1cc(C=Nn2c(CC)nc3ccc(Br)cc3c2=O)cc(Cl)c1OCc1ccc(Br)cc1. The van der Waals surface area contributed by atoms with Gasteiger partial charge in [0.15, 0.2) is 11.5 Å². The molecule has 0 atom stereocenters. The molecule has 4 aromatic rings. The number of aromatic nitrogens is 2. The number of benzene rings is 3. The molecule has 0 radical (unpaired) electrons. The number of ether oxygens (including phenoxy) is 2. The van der Waals surface area contributed by atoms with Crippen molar-refractivity contribution in [1.82, 2.24) is 9.66 Å². The first kappa shape index (κ1) is 25.4. The standard InChI is InChI=1S/C26H22Br2ClN3O3/c1-3-24-31-22-10-9-19(28)13-20(22)26(33)32(24)30-14-17-11-21(29)25(23(12-17)34-4-2)35-15-16-5-7-18(27)8-6-16/h5-14H,3-4,15H2,1-2H3. The van der Waals surface area contributed by atoms with Crippen LogP contribution in [0.15, 0.2) is 73.4 Å². The molecule has 9 heteroatoms. The summed E-state index contributed by atoms with van der Waals surface area (Å²) in [5, 5.41) is 5.31. The molecule has 1 heterocycles. The lowest BCUT2D eigenvalue weighted by Crippen LogP contribution is -2.22. The minimum absolute atomic E-state index is 0.241. The Bertz CT molecular complexity index is 1450. The van der Waals surface area contributed by atoms with Crippen molar-refractivity contribution < 1.29 is 9.47 Å². The van der Waals surface area contributed by atoms with Gasteiger partial charge < -0.3 is 9.47 Å². The molecule has 0 spiro atoms. The molecule has 0 aliphatic heterocycles. The number of fused-ring (bicyclic) bond motifs is 1. The van der Waals surface area contributed by atoms with E-state index in [-0.39, 0.29) is 5.56 Å². The largest absolute Gasteiger partial charge is 0.490 e. The fourth-order valence-electron chi connectivity index (χ4n) is 3.47. The molecule has 0 aliphatic carbocycles. The predicted octanol–water partition coefficient (Wildman–Crippen LogP) is 7.00. The first-order chi connectivity index (χ1) is 16.9. The molecular formula is C26H22Br2ClN3O3. The van der Waals surface area contributed by atoms with E-state index in [1.165, 1.54) is 4.68 Å². The van der Waals surface area contributed by atoms with Gasteiger partial charge >= 0.3 is 0 Å². The van der Waals surface area contributed by atoms with Crippen LogP contribution in [0.4, 0.5) is 0 Å². The smallest absolute Gasteiger partial charge is 0.282 e. The van der Waals surface area contributed by atoms with E-state index in [0.717, 1.165) is 14.5 Å². The highest BCUT2D eigenvalue weighted by molar-refractivity contribution is 9.10. The summed E-state index contributed by atoms with van der Waals surface area (Å²) >= 11 is 13.4. The van der Waals surface area contributed by atoms with Gasteiger partial charge in [-0.1, -0.05) is 62.5 Å². The fraction of sp³-hybridized carbons (Fsp3) is 0.192. The van der Waals surface area contributed by atoms with Crippen LogP contribution in [-0.4, -0.2) is 22.5 Å². The number of halogens is 3. The highest BCUT2D eigenvalue weighted by atomic mass is 79.9. The second kappa shape index (κ2) is 11.4. The van der Waals surface area contributed by atoms with E-state index in [0.29, 0.717) is 58.4 Å². The first-order valence-corrected chi connectivity index (χ1v) is 12.9. The summed E-state index contributed by atoms with van der Waals surface area (Å²) in [5.41, 5.74) is 2.06. The Morgan fingerprint density at radius 3 is 2.49 bits per heavy atom. The zero-order valence-corrected chi connectivity index (χ0v) is 23.0. The Kier molecular flexibility index (Phi) is 8.26. The lowest BCUT2D eigenvalue weighted by molar-refractivity contribution is 0.269. The van der Waals surface area contributed by atoms with Crippen LogP contribution >= 0.6 is 43.5 Å². The zero-order valence-electron chi connectivity index (χ0n) is 19.1. The minimum atomic E-state index is -0.241. The second-order valence-corrected chi connectivity index (χ2v) is 9.82. The number of aryl methyl sites for hydroxylation is 1. The van der Waals surface area contributed by atoms with Crippen molar-refractivity contribution in [1.29, 1.82) is 0 Å². The van der Waals surface area contributed by atoms with Crippen LogP contribution in [0.5, 0.6) is 11.5 Å². The van der Waals surface area contributed by atoms with Crippen molar-refractivity contribution in [2.45, 2.75) is 26.9 Å². The third-order valence-electron chi connectivity index (χ3n) is 5.14. The van der Waals surface area contributed by atoms with Crippen molar-refractivity contribution >= 4 is 60.6 Å². The lowest BCUT2D eigenvalue weighted by atomic mass is 10.2. The molecule has 0 bridgehead atoms. The van der Waals surface area contributed by atoms with E-state index in [9.17, 15) is 4.79 Å².